The summed E-state index contributed by atoms with van der Waals surface area (Å²) < 4.78 is 10.2. The number of anilines is 1. The minimum Gasteiger partial charge on any atom is -0.466 e. The number of hydrogen-bond donors (Lipinski definition) is 2. The lowest BCUT2D eigenvalue weighted by Crippen LogP contribution is -2.31. The van der Waals surface area contributed by atoms with Crippen molar-refractivity contribution in [1.29, 1.82) is 0 Å². The first-order valence-corrected chi connectivity index (χ1v) is 9.59. The predicted molar refractivity (Wildman–Crippen MR) is 112 cm³/mol. The highest BCUT2D eigenvalue weighted by Gasteiger charge is 2.34. The number of aliphatic hydroxyl groups is 1. The Morgan fingerprint density at radius 2 is 1.97 bits per heavy atom. The Hall–Kier alpha value is -3.98. The van der Waals surface area contributed by atoms with Crippen LogP contribution in [0.5, 0.6) is 0 Å². The summed E-state index contributed by atoms with van der Waals surface area (Å²) in [4.78, 5) is 30.6. The van der Waals surface area contributed by atoms with Gasteiger partial charge in [0.25, 0.3) is 11.8 Å². The number of carbonyl (C=O) groups excluding carboxylic acids is 2. The molecule has 2 aromatic carbocycles. The quantitative estimate of drug-likeness (QED) is 0.558. The van der Waals surface area contributed by atoms with Crippen molar-refractivity contribution in [3.8, 4) is 22.8 Å². The van der Waals surface area contributed by atoms with Gasteiger partial charge in [-0.2, -0.15) is 4.98 Å². The highest BCUT2D eigenvalue weighted by atomic mass is 16.5. The number of ether oxygens (including phenoxy) is 1. The summed E-state index contributed by atoms with van der Waals surface area (Å²) >= 11 is 0. The van der Waals surface area contributed by atoms with Crippen molar-refractivity contribution in [1.82, 2.24) is 15.0 Å². The van der Waals surface area contributed by atoms with Gasteiger partial charge in [0, 0.05) is 23.4 Å². The zero-order valence-electron chi connectivity index (χ0n) is 16.7. The topological polar surface area (TPSA) is 118 Å². The van der Waals surface area contributed by atoms with Crippen molar-refractivity contribution in [2.45, 2.75) is 0 Å². The van der Waals surface area contributed by atoms with Crippen LogP contribution in [0.25, 0.3) is 22.8 Å². The number of hydrogen-bond acceptors (Lipinski definition) is 8. The molecule has 158 valence electrons. The van der Waals surface area contributed by atoms with Crippen LogP contribution in [0, 0.1) is 0 Å². The molecule has 2 N–H and O–H groups in total. The molecule has 0 atom stereocenters. The van der Waals surface area contributed by atoms with Crippen LogP contribution in [0.2, 0.25) is 0 Å². The zero-order chi connectivity index (χ0) is 21.8. The highest BCUT2D eigenvalue weighted by Crippen LogP contribution is 2.27. The van der Waals surface area contributed by atoms with E-state index in [0.29, 0.717) is 23.0 Å². The first-order valence-electron chi connectivity index (χ1n) is 9.59. The van der Waals surface area contributed by atoms with Crippen LogP contribution in [0.1, 0.15) is 0 Å². The van der Waals surface area contributed by atoms with Gasteiger partial charge >= 0.3 is 5.97 Å². The summed E-state index contributed by atoms with van der Waals surface area (Å²) in [7, 11) is 1.26. The number of rotatable bonds is 7. The van der Waals surface area contributed by atoms with Gasteiger partial charge in [-0.1, -0.05) is 41.6 Å². The van der Waals surface area contributed by atoms with Crippen LogP contribution in [-0.2, 0) is 14.3 Å². The van der Waals surface area contributed by atoms with Crippen LogP contribution < -0.4 is 5.32 Å². The maximum absolute atomic E-state index is 12.7. The summed E-state index contributed by atoms with van der Waals surface area (Å²) in [6.07, 6.45) is 0. The van der Waals surface area contributed by atoms with Gasteiger partial charge in [0.05, 0.1) is 25.8 Å². The minimum atomic E-state index is -0.600. The second kappa shape index (κ2) is 8.80. The molecule has 1 aliphatic rings. The van der Waals surface area contributed by atoms with Crippen LogP contribution in [0.3, 0.4) is 0 Å². The highest BCUT2D eigenvalue weighted by molar-refractivity contribution is 6.08. The molecular weight excluding hydrogens is 400 g/mol. The summed E-state index contributed by atoms with van der Waals surface area (Å²) in [5.41, 5.74) is 2.37. The maximum Gasteiger partial charge on any atom is 0.337 e. The standard InChI is InChI=1S/C22H20N4O5/c1-30-22(29)17-13-26(10-11-27)21(28)18(17)23-16-9-5-8-15(12-16)20-24-19(25-31-20)14-6-3-2-4-7-14/h2-9,12,23,27H,10-11,13H2,1H3. The molecule has 9 heteroatoms. The fourth-order valence-corrected chi connectivity index (χ4v) is 3.27. The molecule has 0 aliphatic carbocycles. The van der Waals surface area contributed by atoms with Crippen molar-refractivity contribution in [2.24, 2.45) is 0 Å². The lowest BCUT2D eigenvalue weighted by Gasteiger charge is -2.15. The number of amides is 1. The van der Waals surface area contributed by atoms with Crippen molar-refractivity contribution in [3.05, 3.63) is 65.9 Å². The second-order valence-electron chi connectivity index (χ2n) is 6.79. The first-order chi connectivity index (χ1) is 15.1. The Bertz CT molecular complexity index is 1140. The number of nitrogens with zero attached hydrogens (tertiary/aromatic N) is 3. The van der Waals surface area contributed by atoms with Crippen LogP contribution in [0.4, 0.5) is 5.69 Å². The normalized spacial score (nSPS) is 13.6. The van der Waals surface area contributed by atoms with Gasteiger partial charge in [-0.25, -0.2) is 4.79 Å². The average molecular weight is 420 g/mol. The number of nitrogens with one attached hydrogen (secondary N) is 1. The molecule has 1 aromatic heterocycles. The molecule has 1 aliphatic heterocycles. The molecule has 2 heterocycles. The van der Waals surface area contributed by atoms with Crippen LogP contribution in [0.15, 0.2) is 70.4 Å². The fraction of sp³-hybridized carbons (Fsp3) is 0.182. The monoisotopic (exact) mass is 420 g/mol. The summed E-state index contributed by atoms with van der Waals surface area (Å²) in [6.45, 7) is -0.0170. The Morgan fingerprint density at radius 3 is 2.71 bits per heavy atom. The lowest BCUT2D eigenvalue weighted by molar-refractivity contribution is -0.136. The third-order valence-electron chi connectivity index (χ3n) is 4.79. The van der Waals surface area contributed by atoms with Gasteiger partial charge in [0.2, 0.25) is 5.82 Å². The van der Waals surface area contributed by atoms with Gasteiger partial charge in [0.1, 0.15) is 5.70 Å². The Balaban J connectivity index is 1.60. The summed E-state index contributed by atoms with van der Waals surface area (Å²) in [5.74, 6) is -0.194. The third-order valence-corrected chi connectivity index (χ3v) is 4.79. The molecular formula is C22H20N4O5. The van der Waals surface area contributed by atoms with E-state index in [-0.39, 0.29) is 36.9 Å². The van der Waals surface area contributed by atoms with Crippen molar-refractivity contribution in [2.75, 3.05) is 32.1 Å². The molecule has 4 rings (SSSR count). The molecule has 0 saturated carbocycles. The van der Waals surface area contributed by atoms with Crippen LogP contribution >= 0.6 is 0 Å². The van der Waals surface area contributed by atoms with E-state index in [2.05, 4.69) is 15.5 Å². The molecule has 0 saturated heterocycles. The zero-order valence-corrected chi connectivity index (χ0v) is 16.7. The SMILES string of the molecule is COC(=O)C1=C(Nc2cccc(-c3nc(-c4ccccc4)no3)c2)C(=O)N(CCO)C1. The molecule has 0 bridgehead atoms. The van der Waals surface area contributed by atoms with Gasteiger partial charge in [-0.3, -0.25) is 4.79 Å². The molecule has 0 spiro atoms. The van der Waals surface area contributed by atoms with Gasteiger partial charge < -0.3 is 24.6 Å². The van der Waals surface area contributed by atoms with Crippen molar-refractivity contribution in [3.63, 3.8) is 0 Å². The van der Waals surface area contributed by atoms with E-state index in [1.54, 1.807) is 24.3 Å². The predicted octanol–water partition coefficient (Wildman–Crippen LogP) is 2.08. The third kappa shape index (κ3) is 4.17. The van der Waals surface area contributed by atoms with Gasteiger partial charge in [-0.15, -0.1) is 0 Å². The van der Waals surface area contributed by atoms with Gasteiger partial charge in [-0.05, 0) is 18.2 Å². The number of esters is 1. The Morgan fingerprint density at radius 1 is 1.19 bits per heavy atom. The molecule has 3 aromatic rings. The van der Waals surface area contributed by atoms with Crippen LogP contribution in [-0.4, -0.2) is 58.8 Å². The lowest BCUT2D eigenvalue weighted by atomic mass is 10.1. The summed E-state index contributed by atoms with van der Waals surface area (Å²) in [5, 5.41) is 16.2. The van der Waals surface area contributed by atoms with Crippen molar-refractivity contribution >= 4 is 17.6 Å². The van der Waals surface area contributed by atoms with E-state index in [0.717, 1.165) is 5.56 Å². The largest absolute Gasteiger partial charge is 0.466 e. The summed E-state index contributed by atoms with van der Waals surface area (Å²) in [6, 6.07) is 16.5. The Labute approximate surface area is 177 Å². The van der Waals surface area contributed by atoms with E-state index in [1.807, 2.05) is 30.3 Å². The average Bonchev–Trinajstić information content (AvgIpc) is 3.41. The fourth-order valence-electron chi connectivity index (χ4n) is 3.27. The van der Waals surface area contributed by atoms with E-state index in [1.165, 1.54) is 12.0 Å². The number of benzene rings is 2. The number of β-amino-alcohol motifs (C(OH)–C–C–N with tert-alkyl or cyclic N) is 1. The molecule has 0 fully saturated rings. The van der Waals surface area contributed by atoms with Gasteiger partial charge in [0.15, 0.2) is 0 Å². The van der Waals surface area contributed by atoms with E-state index in [9.17, 15) is 14.7 Å². The number of methoxy groups -OCH3 is 1. The maximum atomic E-state index is 12.7. The van der Waals surface area contributed by atoms with E-state index >= 15 is 0 Å². The molecule has 0 radical (unpaired) electrons. The number of carbonyl (C=O) groups is 2. The van der Waals surface area contributed by atoms with Crippen molar-refractivity contribution < 1.29 is 24.0 Å². The number of aromatic nitrogens is 2. The smallest absolute Gasteiger partial charge is 0.337 e. The first kappa shape index (κ1) is 20.3. The minimum absolute atomic E-state index is 0.0676. The van der Waals surface area contributed by atoms with E-state index < -0.39 is 5.97 Å². The second-order valence-corrected chi connectivity index (χ2v) is 6.79. The molecule has 9 nitrogen and oxygen atoms in total. The molecule has 1 amide bonds. The Kier molecular flexibility index (Phi) is 5.76. The molecule has 0 unspecified atom stereocenters. The molecule has 31 heavy (non-hydrogen) atoms. The van der Waals surface area contributed by atoms with E-state index in [4.69, 9.17) is 9.26 Å². The number of aliphatic hydroxyl groups excluding tert-OH is 1.